The molecule has 6 nitrogen and oxygen atoms in total. The van der Waals surface area contributed by atoms with Crippen molar-refractivity contribution >= 4 is 12.1 Å². The van der Waals surface area contributed by atoms with Crippen molar-refractivity contribution in [2.75, 3.05) is 13.1 Å². The molecule has 0 aliphatic carbocycles. The van der Waals surface area contributed by atoms with Gasteiger partial charge in [-0.05, 0) is 39.3 Å². The van der Waals surface area contributed by atoms with Crippen LogP contribution in [0.1, 0.15) is 41.5 Å². The highest BCUT2D eigenvalue weighted by Gasteiger charge is 2.23. The Balaban J connectivity index is 5.36. The van der Waals surface area contributed by atoms with E-state index in [9.17, 15) is 18.4 Å². The lowest BCUT2D eigenvalue weighted by Gasteiger charge is -2.19. The quantitative estimate of drug-likeness (QED) is 0.178. The maximum atomic E-state index is 13.1. The third-order valence-electron chi connectivity index (χ3n) is 3.71. The topological polar surface area (TPSA) is 96.2 Å². The molecule has 5 N–H and O–H groups in total. The first-order chi connectivity index (χ1) is 12.4. The van der Waals surface area contributed by atoms with E-state index in [2.05, 4.69) is 29.8 Å². The smallest absolute Gasteiger partial charge is 0.262 e. The molecule has 1 unspecified atom stereocenters. The number of hydrogen-bond donors (Lipinski definition) is 4. The van der Waals surface area contributed by atoms with E-state index in [-0.39, 0.29) is 23.7 Å². The number of carbonyl (C=O) groups is 2. The SMILES string of the molecule is C/C(=C/C(=C\N)N/C(C)=C(\NCC(C)(F)F)C(=O)C=O)C(C)NCC(C)C. The first-order valence-electron chi connectivity index (χ1n) is 8.83. The van der Waals surface area contributed by atoms with Gasteiger partial charge in [-0.15, -0.1) is 0 Å². The summed E-state index contributed by atoms with van der Waals surface area (Å²) in [6.07, 6.45) is 3.17. The lowest BCUT2D eigenvalue weighted by molar-refractivity contribution is -0.127. The fourth-order valence-electron chi connectivity index (χ4n) is 2.06. The summed E-state index contributed by atoms with van der Waals surface area (Å²) in [7, 11) is 0. The molecule has 0 fully saturated rings. The van der Waals surface area contributed by atoms with E-state index in [1.165, 1.54) is 13.1 Å². The maximum Gasteiger partial charge on any atom is 0.262 e. The molecule has 1 atom stereocenters. The summed E-state index contributed by atoms with van der Waals surface area (Å²) in [6, 6.07) is 0.0985. The number of hydrogen-bond acceptors (Lipinski definition) is 6. The van der Waals surface area contributed by atoms with E-state index < -0.39 is 18.3 Å². The zero-order chi connectivity index (χ0) is 21.2. The van der Waals surface area contributed by atoms with Crippen LogP contribution in [0, 0.1) is 5.92 Å². The van der Waals surface area contributed by atoms with Crippen molar-refractivity contribution in [3.05, 3.63) is 34.9 Å². The average Bonchev–Trinajstić information content (AvgIpc) is 2.57. The normalized spacial score (nSPS) is 15.3. The summed E-state index contributed by atoms with van der Waals surface area (Å²) >= 11 is 0. The lowest BCUT2D eigenvalue weighted by atomic mass is 10.1. The number of aldehydes is 1. The molecule has 0 saturated heterocycles. The number of nitrogens with two attached hydrogens (primary N) is 1. The van der Waals surface area contributed by atoms with Crippen LogP contribution >= 0.6 is 0 Å². The summed E-state index contributed by atoms with van der Waals surface area (Å²) in [6.45, 7) is 10.5. The number of nitrogens with one attached hydrogen (secondary N) is 3. The number of allylic oxidation sites excluding steroid dienone is 3. The summed E-state index contributed by atoms with van der Waals surface area (Å²) in [4.78, 5) is 22.6. The fourth-order valence-corrected chi connectivity index (χ4v) is 2.06. The zero-order valence-electron chi connectivity index (χ0n) is 17.0. The van der Waals surface area contributed by atoms with Crippen LogP contribution in [-0.4, -0.2) is 37.1 Å². The van der Waals surface area contributed by atoms with Crippen LogP contribution in [0.2, 0.25) is 0 Å². The Morgan fingerprint density at radius 2 is 1.81 bits per heavy atom. The molecule has 0 saturated carbocycles. The zero-order valence-corrected chi connectivity index (χ0v) is 17.0. The molecule has 0 heterocycles. The second-order valence-electron chi connectivity index (χ2n) is 7.07. The third kappa shape index (κ3) is 10.5. The van der Waals surface area contributed by atoms with E-state index in [0.717, 1.165) is 12.1 Å². The number of halogens is 2. The monoisotopic (exact) mass is 386 g/mol. The standard InChI is InChI=1S/C19H32F2N4O2/c1-12(2)9-23-14(4)13(3)7-16(8-22)25-15(5)18(17(27)10-26)24-11-19(6,20)21/h7-8,10,12,14,23-25H,9,11,22H2,1-6H3/b13-7-,16-8+,18-15-. The summed E-state index contributed by atoms with van der Waals surface area (Å²) < 4.78 is 26.2. The summed E-state index contributed by atoms with van der Waals surface area (Å²) in [5, 5.41) is 8.61. The van der Waals surface area contributed by atoms with Crippen LogP contribution in [0.3, 0.4) is 0 Å². The van der Waals surface area contributed by atoms with Gasteiger partial charge in [-0.1, -0.05) is 19.4 Å². The van der Waals surface area contributed by atoms with E-state index in [4.69, 9.17) is 5.73 Å². The predicted molar refractivity (Wildman–Crippen MR) is 104 cm³/mol. The van der Waals surface area contributed by atoms with Crippen molar-refractivity contribution in [3.8, 4) is 0 Å². The van der Waals surface area contributed by atoms with E-state index in [1.807, 2.05) is 13.8 Å². The molecule has 0 amide bonds. The van der Waals surface area contributed by atoms with Gasteiger partial charge in [-0.3, -0.25) is 9.59 Å². The van der Waals surface area contributed by atoms with Crippen molar-refractivity contribution in [2.45, 2.75) is 53.5 Å². The van der Waals surface area contributed by atoms with Crippen LogP contribution in [0.4, 0.5) is 8.78 Å². The minimum atomic E-state index is -3.03. The second-order valence-corrected chi connectivity index (χ2v) is 7.07. The Kier molecular flexibility index (Phi) is 10.5. The van der Waals surface area contributed by atoms with Crippen molar-refractivity contribution in [2.24, 2.45) is 11.7 Å². The lowest BCUT2D eigenvalue weighted by Crippen LogP contribution is -2.35. The Morgan fingerprint density at radius 3 is 2.26 bits per heavy atom. The summed E-state index contributed by atoms with van der Waals surface area (Å²) in [5.41, 5.74) is 7.11. The largest absolute Gasteiger partial charge is 0.403 e. The molecule has 27 heavy (non-hydrogen) atoms. The number of rotatable bonds is 12. The average molecular weight is 386 g/mol. The van der Waals surface area contributed by atoms with Gasteiger partial charge in [0.2, 0.25) is 5.78 Å². The van der Waals surface area contributed by atoms with E-state index in [0.29, 0.717) is 18.5 Å². The van der Waals surface area contributed by atoms with Gasteiger partial charge in [0.25, 0.3) is 5.92 Å². The molecule has 0 bridgehead atoms. The van der Waals surface area contributed by atoms with Crippen molar-refractivity contribution in [3.63, 3.8) is 0 Å². The first-order valence-corrected chi connectivity index (χ1v) is 8.83. The van der Waals surface area contributed by atoms with Gasteiger partial charge < -0.3 is 21.7 Å². The molecule has 0 rings (SSSR count). The molecular formula is C19H32F2N4O2. The Bertz CT molecular complexity index is 605. The highest BCUT2D eigenvalue weighted by molar-refractivity contribution is 6.33. The fraction of sp³-hybridized carbons (Fsp3) is 0.579. The molecular weight excluding hydrogens is 354 g/mol. The predicted octanol–water partition coefficient (Wildman–Crippen LogP) is 2.20. The van der Waals surface area contributed by atoms with Crippen LogP contribution in [0.15, 0.2) is 34.9 Å². The molecule has 0 spiro atoms. The molecule has 0 aromatic rings. The van der Waals surface area contributed by atoms with Gasteiger partial charge in [0.15, 0.2) is 6.29 Å². The van der Waals surface area contributed by atoms with Gasteiger partial charge in [0.05, 0.1) is 12.2 Å². The maximum absolute atomic E-state index is 13.1. The Morgan fingerprint density at radius 1 is 1.22 bits per heavy atom. The number of ketones is 1. The molecule has 8 heteroatoms. The van der Waals surface area contributed by atoms with Crippen LogP contribution < -0.4 is 21.7 Å². The van der Waals surface area contributed by atoms with Gasteiger partial charge in [0, 0.05) is 24.9 Å². The van der Waals surface area contributed by atoms with Crippen LogP contribution in [-0.2, 0) is 9.59 Å². The summed E-state index contributed by atoms with van der Waals surface area (Å²) in [5.74, 6) is -3.45. The first kappa shape index (κ1) is 24.8. The number of Topliss-reactive ketones (excluding diaryl/α,β-unsaturated/α-hetero) is 1. The van der Waals surface area contributed by atoms with Crippen LogP contribution in [0.25, 0.3) is 0 Å². The van der Waals surface area contributed by atoms with Crippen LogP contribution in [0.5, 0.6) is 0 Å². The second kappa shape index (κ2) is 11.5. The molecule has 0 aromatic carbocycles. The molecule has 0 aliphatic rings. The van der Waals surface area contributed by atoms with E-state index >= 15 is 0 Å². The van der Waals surface area contributed by atoms with Crippen molar-refractivity contribution in [1.29, 1.82) is 0 Å². The number of carbonyl (C=O) groups excluding carboxylic acids is 2. The minimum Gasteiger partial charge on any atom is -0.403 e. The van der Waals surface area contributed by atoms with E-state index in [1.54, 1.807) is 6.08 Å². The highest BCUT2D eigenvalue weighted by Crippen LogP contribution is 2.12. The minimum absolute atomic E-state index is 0.0755. The molecule has 0 radical (unpaired) electrons. The Labute approximate surface area is 160 Å². The molecule has 0 aliphatic heterocycles. The van der Waals surface area contributed by atoms with Gasteiger partial charge in [-0.25, -0.2) is 8.78 Å². The highest BCUT2D eigenvalue weighted by atomic mass is 19.3. The third-order valence-corrected chi connectivity index (χ3v) is 3.71. The molecule has 154 valence electrons. The van der Waals surface area contributed by atoms with Gasteiger partial charge in [0.1, 0.15) is 5.70 Å². The van der Waals surface area contributed by atoms with Gasteiger partial charge >= 0.3 is 0 Å². The molecule has 0 aromatic heterocycles. The Hall–Kier alpha value is -2.22. The van der Waals surface area contributed by atoms with Crippen molar-refractivity contribution in [1.82, 2.24) is 16.0 Å². The van der Waals surface area contributed by atoms with Gasteiger partial charge in [-0.2, -0.15) is 0 Å². The van der Waals surface area contributed by atoms with Crippen molar-refractivity contribution < 1.29 is 18.4 Å². The number of alkyl halides is 2.